The fourth-order valence-electron chi connectivity index (χ4n) is 2.00. The number of nitrogens with two attached hydrogens (primary N) is 1. The molecule has 0 aliphatic heterocycles. The predicted octanol–water partition coefficient (Wildman–Crippen LogP) is 2.12. The minimum Gasteiger partial charge on any atom is -0.327 e. The lowest BCUT2D eigenvalue weighted by atomic mass is 10.1. The van der Waals surface area contributed by atoms with Crippen LogP contribution in [0.4, 0.5) is 5.69 Å². The summed E-state index contributed by atoms with van der Waals surface area (Å²) in [7, 11) is 0. The molecule has 0 bridgehead atoms. The molecule has 1 unspecified atom stereocenters. The second-order valence-corrected chi connectivity index (χ2v) is 4.85. The molecule has 2 N–H and O–H groups in total. The molecular formula is C14H18N4O2. The van der Waals surface area contributed by atoms with E-state index >= 15 is 0 Å². The largest absolute Gasteiger partial charge is 0.327 e. The van der Waals surface area contributed by atoms with Gasteiger partial charge in [0.15, 0.2) is 0 Å². The Morgan fingerprint density at radius 2 is 2.25 bits per heavy atom. The molecule has 1 atom stereocenters. The van der Waals surface area contributed by atoms with Gasteiger partial charge in [-0.05, 0) is 24.0 Å². The SMILES string of the molecule is CCC(N)Cc1cnn(Cc2cccc([N+](=O)[O-])c2)c1. The first-order chi connectivity index (χ1) is 9.58. The van der Waals surface area contributed by atoms with Gasteiger partial charge in [0.2, 0.25) is 0 Å². The number of benzene rings is 1. The highest BCUT2D eigenvalue weighted by Gasteiger charge is 2.08. The summed E-state index contributed by atoms with van der Waals surface area (Å²) >= 11 is 0. The molecular weight excluding hydrogens is 256 g/mol. The molecule has 2 aromatic rings. The van der Waals surface area contributed by atoms with Gasteiger partial charge in [-0.2, -0.15) is 5.10 Å². The van der Waals surface area contributed by atoms with Crippen LogP contribution < -0.4 is 5.73 Å². The van der Waals surface area contributed by atoms with Crippen molar-refractivity contribution < 1.29 is 4.92 Å². The molecule has 0 saturated carbocycles. The molecule has 1 heterocycles. The van der Waals surface area contributed by atoms with E-state index in [2.05, 4.69) is 12.0 Å². The minimum absolute atomic E-state index is 0.0999. The van der Waals surface area contributed by atoms with Gasteiger partial charge in [0.05, 0.1) is 17.7 Å². The van der Waals surface area contributed by atoms with E-state index in [1.807, 2.05) is 12.3 Å². The average Bonchev–Trinajstić information content (AvgIpc) is 2.86. The van der Waals surface area contributed by atoms with Crippen molar-refractivity contribution in [2.45, 2.75) is 32.4 Å². The molecule has 0 aliphatic carbocycles. The lowest BCUT2D eigenvalue weighted by molar-refractivity contribution is -0.384. The summed E-state index contributed by atoms with van der Waals surface area (Å²) in [4.78, 5) is 10.3. The van der Waals surface area contributed by atoms with Gasteiger partial charge in [-0.3, -0.25) is 14.8 Å². The topological polar surface area (TPSA) is 87.0 Å². The molecule has 106 valence electrons. The minimum atomic E-state index is -0.391. The van der Waals surface area contributed by atoms with Crippen molar-refractivity contribution in [3.8, 4) is 0 Å². The van der Waals surface area contributed by atoms with E-state index in [4.69, 9.17) is 5.73 Å². The van der Waals surface area contributed by atoms with Gasteiger partial charge in [-0.25, -0.2) is 0 Å². The van der Waals surface area contributed by atoms with Gasteiger partial charge in [-0.1, -0.05) is 19.1 Å². The lowest BCUT2D eigenvalue weighted by Gasteiger charge is -2.05. The van der Waals surface area contributed by atoms with Crippen molar-refractivity contribution in [3.05, 3.63) is 57.9 Å². The Morgan fingerprint density at radius 1 is 1.45 bits per heavy atom. The first-order valence-corrected chi connectivity index (χ1v) is 6.58. The zero-order valence-electron chi connectivity index (χ0n) is 11.4. The molecule has 0 fully saturated rings. The van der Waals surface area contributed by atoms with Gasteiger partial charge in [0.1, 0.15) is 0 Å². The first kappa shape index (κ1) is 14.2. The van der Waals surface area contributed by atoms with E-state index < -0.39 is 4.92 Å². The number of rotatable bonds is 6. The third kappa shape index (κ3) is 3.64. The Balaban J connectivity index is 2.06. The first-order valence-electron chi connectivity index (χ1n) is 6.58. The Morgan fingerprint density at radius 3 is 2.95 bits per heavy atom. The van der Waals surface area contributed by atoms with Gasteiger partial charge in [0, 0.05) is 24.4 Å². The monoisotopic (exact) mass is 274 g/mol. The molecule has 0 spiro atoms. The van der Waals surface area contributed by atoms with E-state index in [0.717, 1.165) is 24.0 Å². The Kier molecular flexibility index (Phi) is 4.47. The number of nitro groups is 1. The van der Waals surface area contributed by atoms with Crippen LogP contribution in [-0.4, -0.2) is 20.7 Å². The zero-order chi connectivity index (χ0) is 14.5. The number of hydrogen-bond donors (Lipinski definition) is 1. The fourth-order valence-corrected chi connectivity index (χ4v) is 2.00. The molecule has 0 saturated heterocycles. The second-order valence-electron chi connectivity index (χ2n) is 4.85. The summed E-state index contributed by atoms with van der Waals surface area (Å²) in [5, 5.41) is 15.0. The van der Waals surface area contributed by atoms with Crippen molar-refractivity contribution in [2.24, 2.45) is 5.73 Å². The van der Waals surface area contributed by atoms with Crippen molar-refractivity contribution >= 4 is 5.69 Å². The maximum Gasteiger partial charge on any atom is 0.269 e. The van der Waals surface area contributed by atoms with Crippen LogP contribution in [0.25, 0.3) is 0 Å². The molecule has 1 aromatic carbocycles. The smallest absolute Gasteiger partial charge is 0.269 e. The maximum atomic E-state index is 10.7. The molecule has 20 heavy (non-hydrogen) atoms. The number of nitro benzene ring substituents is 1. The summed E-state index contributed by atoms with van der Waals surface area (Å²) in [6, 6.07) is 6.74. The van der Waals surface area contributed by atoms with Crippen LogP contribution in [0, 0.1) is 10.1 Å². The van der Waals surface area contributed by atoms with E-state index in [0.29, 0.717) is 6.54 Å². The van der Waals surface area contributed by atoms with Crippen molar-refractivity contribution in [2.75, 3.05) is 0 Å². The second kappa shape index (κ2) is 6.29. The van der Waals surface area contributed by atoms with E-state index in [9.17, 15) is 10.1 Å². The van der Waals surface area contributed by atoms with E-state index in [1.165, 1.54) is 6.07 Å². The highest BCUT2D eigenvalue weighted by atomic mass is 16.6. The molecule has 6 nitrogen and oxygen atoms in total. The summed E-state index contributed by atoms with van der Waals surface area (Å²) < 4.78 is 1.77. The normalized spacial score (nSPS) is 12.3. The van der Waals surface area contributed by atoms with Crippen molar-refractivity contribution in [1.82, 2.24) is 9.78 Å². The lowest BCUT2D eigenvalue weighted by Crippen LogP contribution is -2.21. The highest BCUT2D eigenvalue weighted by Crippen LogP contribution is 2.14. The molecule has 1 aromatic heterocycles. The number of aromatic nitrogens is 2. The van der Waals surface area contributed by atoms with Crippen LogP contribution in [0.15, 0.2) is 36.7 Å². The number of non-ortho nitro benzene ring substituents is 1. The van der Waals surface area contributed by atoms with Gasteiger partial charge in [0.25, 0.3) is 5.69 Å². The van der Waals surface area contributed by atoms with E-state index in [1.54, 1.807) is 23.0 Å². The highest BCUT2D eigenvalue weighted by molar-refractivity contribution is 5.34. The van der Waals surface area contributed by atoms with Gasteiger partial charge >= 0.3 is 0 Å². The van der Waals surface area contributed by atoms with E-state index in [-0.39, 0.29) is 11.7 Å². The molecule has 6 heteroatoms. The molecule has 2 rings (SSSR count). The van der Waals surface area contributed by atoms with Gasteiger partial charge < -0.3 is 5.73 Å². The summed E-state index contributed by atoms with van der Waals surface area (Å²) in [5.41, 5.74) is 7.95. The van der Waals surface area contributed by atoms with Crippen molar-refractivity contribution in [3.63, 3.8) is 0 Å². The molecule has 0 amide bonds. The third-order valence-electron chi connectivity index (χ3n) is 3.17. The molecule has 0 aliphatic rings. The summed E-state index contributed by atoms with van der Waals surface area (Å²) in [5.74, 6) is 0. The van der Waals surface area contributed by atoms with Crippen LogP contribution >= 0.6 is 0 Å². The van der Waals surface area contributed by atoms with Crippen LogP contribution in [0.2, 0.25) is 0 Å². The zero-order valence-corrected chi connectivity index (χ0v) is 11.4. The fraction of sp³-hybridized carbons (Fsp3) is 0.357. The Labute approximate surface area is 117 Å². The van der Waals surface area contributed by atoms with Crippen molar-refractivity contribution in [1.29, 1.82) is 0 Å². The number of hydrogen-bond acceptors (Lipinski definition) is 4. The average molecular weight is 274 g/mol. The summed E-state index contributed by atoms with van der Waals surface area (Å²) in [6.07, 6.45) is 5.46. The Bertz CT molecular complexity index is 594. The standard InChI is InChI=1S/C14H18N4O2/c1-2-13(15)6-12-8-16-17(10-12)9-11-4-3-5-14(7-11)18(19)20/h3-5,7-8,10,13H,2,6,9,15H2,1H3. The maximum absolute atomic E-state index is 10.7. The quantitative estimate of drug-likeness (QED) is 0.645. The van der Waals surface area contributed by atoms with Crippen LogP contribution in [0.1, 0.15) is 24.5 Å². The number of nitrogens with zero attached hydrogens (tertiary/aromatic N) is 3. The third-order valence-corrected chi connectivity index (χ3v) is 3.17. The van der Waals surface area contributed by atoms with Gasteiger partial charge in [-0.15, -0.1) is 0 Å². The Hall–Kier alpha value is -2.21. The summed E-state index contributed by atoms with van der Waals surface area (Å²) in [6.45, 7) is 2.57. The van der Waals surface area contributed by atoms with Crippen LogP contribution in [0.3, 0.4) is 0 Å². The van der Waals surface area contributed by atoms with Crippen LogP contribution in [-0.2, 0) is 13.0 Å². The molecule has 0 radical (unpaired) electrons. The predicted molar refractivity (Wildman–Crippen MR) is 76.4 cm³/mol. The van der Waals surface area contributed by atoms with Crippen LogP contribution in [0.5, 0.6) is 0 Å².